The fourth-order valence-electron chi connectivity index (χ4n) is 2.92. The molecular weight excluding hydrogens is 414 g/mol. The molecule has 0 saturated carbocycles. The number of aromatic nitrogens is 5. The van der Waals surface area contributed by atoms with Crippen molar-refractivity contribution in [2.75, 3.05) is 14.2 Å². The molecule has 0 bridgehead atoms. The van der Waals surface area contributed by atoms with Crippen LogP contribution in [0.2, 0.25) is 5.02 Å². The molecule has 1 aromatic carbocycles. The Balaban J connectivity index is 2.09. The zero-order valence-corrected chi connectivity index (χ0v) is 17.2. The van der Waals surface area contributed by atoms with Crippen molar-refractivity contribution >= 4 is 40.5 Å². The number of Topliss-reactive ketones (excluding diaryl/α,β-unsaturated/α-hetero) is 1. The van der Waals surface area contributed by atoms with E-state index in [4.69, 9.17) is 16.3 Å². The fourth-order valence-corrected chi connectivity index (χ4v) is 3.11. The molecule has 2 heterocycles. The number of methoxy groups -OCH3 is 2. The minimum Gasteiger partial charge on any atom is -0.469 e. The van der Waals surface area contributed by atoms with Crippen molar-refractivity contribution in [3.8, 4) is 0 Å². The predicted octanol–water partition coefficient (Wildman–Crippen LogP) is 1.62. The van der Waals surface area contributed by atoms with Crippen molar-refractivity contribution in [3.05, 3.63) is 46.4 Å². The van der Waals surface area contributed by atoms with Crippen LogP contribution >= 0.6 is 11.6 Å². The maximum atomic E-state index is 12.7. The van der Waals surface area contributed by atoms with Gasteiger partial charge in [0.25, 0.3) is 0 Å². The smallest absolute Gasteiger partial charge is 0.322 e. The van der Waals surface area contributed by atoms with Crippen molar-refractivity contribution < 1.29 is 23.9 Å². The van der Waals surface area contributed by atoms with E-state index in [9.17, 15) is 14.4 Å². The second-order valence-corrected chi connectivity index (χ2v) is 6.75. The second-order valence-electron chi connectivity index (χ2n) is 6.34. The first-order valence-corrected chi connectivity index (χ1v) is 9.22. The van der Waals surface area contributed by atoms with Gasteiger partial charge < -0.3 is 9.47 Å². The van der Waals surface area contributed by atoms with E-state index in [2.05, 4.69) is 25.0 Å². The van der Waals surface area contributed by atoms with Crippen molar-refractivity contribution in [2.45, 2.75) is 25.8 Å². The number of halogens is 1. The molecule has 0 spiro atoms. The van der Waals surface area contributed by atoms with Gasteiger partial charge in [-0.25, -0.2) is 14.6 Å². The minimum atomic E-state index is -1.47. The molecule has 3 aromatic rings. The highest BCUT2D eigenvalue weighted by Crippen LogP contribution is 2.26. The highest BCUT2D eigenvalue weighted by atomic mass is 35.5. The third-order valence-corrected chi connectivity index (χ3v) is 4.73. The fraction of sp³-hybridized carbons (Fsp3) is 0.316. The quantitative estimate of drug-likeness (QED) is 0.405. The number of benzene rings is 1. The van der Waals surface area contributed by atoms with E-state index in [1.807, 2.05) is 18.2 Å². The van der Waals surface area contributed by atoms with Crippen LogP contribution in [0, 0.1) is 6.92 Å². The standard InChI is InChI=1S/C19H18ClN5O5/c1-10-21-16(15(19(28)30-3)13(26)8-14(27)29-2)17-18(22-10)25(24-23-17)9-11-6-4-5-7-12(11)20/h4-7,15H,8-9H2,1-3H3. The number of aryl methyl sites for hydroxylation is 1. The number of nitrogens with zero attached hydrogens (tertiary/aromatic N) is 5. The van der Waals surface area contributed by atoms with Gasteiger partial charge in [-0.15, -0.1) is 5.10 Å². The normalized spacial score (nSPS) is 11.9. The molecule has 1 unspecified atom stereocenters. The third kappa shape index (κ3) is 4.28. The van der Waals surface area contributed by atoms with Crippen molar-refractivity contribution in [2.24, 2.45) is 0 Å². The SMILES string of the molecule is COC(=O)CC(=O)C(C(=O)OC)c1nc(C)nc2c1nnn2Cc1ccccc1Cl. The van der Waals surface area contributed by atoms with Crippen LogP contribution < -0.4 is 0 Å². The molecule has 0 radical (unpaired) electrons. The van der Waals surface area contributed by atoms with Gasteiger partial charge in [0, 0.05) is 5.02 Å². The summed E-state index contributed by atoms with van der Waals surface area (Å²) in [5.74, 6) is -3.56. The average Bonchev–Trinajstić information content (AvgIpc) is 3.12. The number of esters is 2. The Labute approximate surface area is 176 Å². The van der Waals surface area contributed by atoms with Gasteiger partial charge in [-0.05, 0) is 18.6 Å². The Bertz CT molecular complexity index is 1130. The number of ketones is 1. The Hall–Kier alpha value is -3.40. The highest BCUT2D eigenvalue weighted by molar-refractivity contribution is 6.31. The molecular formula is C19H18ClN5O5. The summed E-state index contributed by atoms with van der Waals surface area (Å²) < 4.78 is 10.8. The van der Waals surface area contributed by atoms with Crippen LogP contribution in [0.1, 0.15) is 29.4 Å². The van der Waals surface area contributed by atoms with Crippen molar-refractivity contribution in [1.29, 1.82) is 0 Å². The Kier molecular flexibility index (Phi) is 6.36. The molecule has 0 aliphatic heterocycles. The largest absolute Gasteiger partial charge is 0.469 e. The maximum absolute atomic E-state index is 12.7. The molecule has 0 amide bonds. The van der Waals surface area contributed by atoms with Crippen LogP contribution in [0.5, 0.6) is 0 Å². The molecule has 0 fully saturated rings. The maximum Gasteiger partial charge on any atom is 0.322 e. The Morgan fingerprint density at radius 1 is 1.13 bits per heavy atom. The molecule has 3 rings (SSSR count). The van der Waals surface area contributed by atoms with Gasteiger partial charge in [-0.1, -0.05) is 35.0 Å². The van der Waals surface area contributed by atoms with Crippen LogP contribution in [0.25, 0.3) is 11.2 Å². The van der Waals surface area contributed by atoms with Gasteiger partial charge in [-0.3, -0.25) is 14.4 Å². The van der Waals surface area contributed by atoms with Crippen LogP contribution in [0.3, 0.4) is 0 Å². The zero-order chi connectivity index (χ0) is 21.8. The first-order chi connectivity index (χ1) is 14.3. The topological polar surface area (TPSA) is 126 Å². The number of carbonyl (C=O) groups excluding carboxylic acids is 3. The van der Waals surface area contributed by atoms with Crippen LogP contribution in [0.15, 0.2) is 24.3 Å². The predicted molar refractivity (Wildman–Crippen MR) is 105 cm³/mol. The van der Waals surface area contributed by atoms with E-state index in [1.165, 1.54) is 4.68 Å². The van der Waals surface area contributed by atoms with Crippen LogP contribution in [-0.2, 0) is 30.4 Å². The van der Waals surface area contributed by atoms with E-state index < -0.39 is 30.1 Å². The number of fused-ring (bicyclic) bond motifs is 1. The Morgan fingerprint density at radius 2 is 1.87 bits per heavy atom. The van der Waals surface area contributed by atoms with E-state index in [-0.39, 0.29) is 17.8 Å². The summed E-state index contributed by atoms with van der Waals surface area (Å²) >= 11 is 6.23. The molecule has 10 nitrogen and oxygen atoms in total. The lowest BCUT2D eigenvalue weighted by molar-refractivity contribution is -0.148. The average molecular weight is 432 g/mol. The molecule has 0 N–H and O–H groups in total. The summed E-state index contributed by atoms with van der Waals surface area (Å²) in [6.45, 7) is 1.87. The lowest BCUT2D eigenvalue weighted by Gasteiger charge is -2.13. The summed E-state index contributed by atoms with van der Waals surface area (Å²) in [5, 5.41) is 8.71. The van der Waals surface area contributed by atoms with Gasteiger partial charge in [0.05, 0.1) is 26.5 Å². The summed E-state index contributed by atoms with van der Waals surface area (Å²) in [4.78, 5) is 45.2. The van der Waals surface area contributed by atoms with Crippen molar-refractivity contribution in [3.63, 3.8) is 0 Å². The first-order valence-electron chi connectivity index (χ1n) is 8.84. The number of hydrogen-bond acceptors (Lipinski definition) is 9. The Morgan fingerprint density at radius 3 is 2.53 bits per heavy atom. The van der Waals surface area contributed by atoms with E-state index in [0.29, 0.717) is 16.5 Å². The van der Waals surface area contributed by atoms with E-state index in [1.54, 1.807) is 13.0 Å². The second kappa shape index (κ2) is 8.95. The van der Waals surface area contributed by atoms with Crippen molar-refractivity contribution in [1.82, 2.24) is 25.0 Å². The lowest BCUT2D eigenvalue weighted by atomic mass is 9.96. The summed E-state index contributed by atoms with van der Waals surface area (Å²) in [6.07, 6.45) is -0.616. The van der Waals surface area contributed by atoms with Crippen LogP contribution in [0.4, 0.5) is 0 Å². The van der Waals surface area contributed by atoms with Gasteiger partial charge in [0.1, 0.15) is 12.2 Å². The van der Waals surface area contributed by atoms with Gasteiger partial charge in [-0.2, -0.15) is 0 Å². The number of ether oxygens (including phenoxy) is 2. The zero-order valence-electron chi connectivity index (χ0n) is 16.5. The molecule has 0 saturated heterocycles. The summed E-state index contributed by atoms with van der Waals surface area (Å²) in [5.41, 5.74) is 1.28. The lowest BCUT2D eigenvalue weighted by Crippen LogP contribution is -2.27. The molecule has 156 valence electrons. The van der Waals surface area contributed by atoms with Gasteiger partial charge in [0.15, 0.2) is 22.9 Å². The first kappa shape index (κ1) is 21.3. The summed E-state index contributed by atoms with van der Waals surface area (Å²) in [6, 6.07) is 7.23. The molecule has 30 heavy (non-hydrogen) atoms. The van der Waals surface area contributed by atoms with E-state index >= 15 is 0 Å². The minimum absolute atomic E-state index is 0.0173. The summed E-state index contributed by atoms with van der Waals surface area (Å²) in [7, 11) is 2.29. The number of rotatable bonds is 7. The molecule has 1 atom stereocenters. The van der Waals surface area contributed by atoms with Gasteiger partial charge >= 0.3 is 11.9 Å². The number of hydrogen-bond donors (Lipinski definition) is 0. The monoisotopic (exact) mass is 431 g/mol. The van der Waals surface area contributed by atoms with Crippen LogP contribution in [-0.4, -0.2) is 56.9 Å². The van der Waals surface area contributed by atoms with Gasteiger partial charge in [0.2, 0.25) is 0 Å². The molecule has 11 heteroatoms. The highest BCUT2D eigenvalue weighted by Gasteiger charge is 2.35. The number of carbonyl (C=O) groups is 3. The molecule has 0 aliphatic rings. The van der Waals surface area contributed by atoms with E-state index in [0.717, 1.165) is 19.8 Å². The molecule has 2 aromatic heterocycles. The molecule has 0 aliphatic carbocycles. The third-order valence-electron chi connectivity index (χ3n) is 4.36.